The van der Waals surface area contributed by atoms with Gasteiger partial charge in [-0.2, -0.15) is 0 Å². The lowest BCUT2D eigenvalue weighted by Crippen LogP contribution is -2.12. The van der Waals surface area contributed by atoms with Crippen LogP contribution in [0.5, 0.6) is 23.0 Å². The van der Waals surface area contributed by atoms with Crippen molar-refractivity contribution in [1.29, 1.82) is 0 Å². The van der Waals surface area contributed by atoms with Crippen LogP contribution in [0.4, 0.5) is 0 Å². The van der Waals surface area contributed by atoms with Crippen LogP contribution < -0.4 is 24.4 Å². The molecule has 3 rings (SSSR count). The highest BCUT2D eigenvalue weighted by atomic mass is 16.5. The molecule has 0 aliphatic rings. The number of aryl methyl sites for hydroxylation is 1. The van der Waals surface area contributed by atoms with Gasteiger partial charge in [0.05, 0.1) is 34.0 Å². The molecule has 0 N–H and O–H groups in total. The number of rotatable bonds is 7. The van der Waals surface area contributed by atoms with Gasteiger partial charge in [-0.05, 0) is 37.0 Å². The summed E-state index contributed by atoms with van der Waals surface area (Å²) >= 11 is 0. The SMILES string of the molecule is COc1ccc(-c2c(C)oc3c(CC(C)C)c(OC)c(OC)c(OC)c3c2=O)cc1. The van der Waals surface area contributed by atoms with E-state index in [4.69, 9.17) is 23.4 Å². The van der Waals surface area contributed by atoms with E-state index in [0.29, 0.717) is 57.6 Å². The van der Waals surface area contributed by atoms with Crippen molar-refractivity contribution in [2.24, 2.45) is 5.92 Å². The Balaban J connectivity index is 2.46. The summed E-state index contributed by atoms with van der Waals surface area (Å²) in [4.78, 5) is 13.7. The van der Waals surface area contributed by atoms with E-state index in [-0.39, 0.29) is 5.43 Å². The third-order valence-corrected chi connectivity index (χ3v) is 5.08. The quantitative estimate of drug-likeness (QED) is 0.544. The van der Waals surface area contributed by atoms with Crippen molar-refractivity contribution in [3.8, 4) is 34.1 Å². The first-order valence-electron chi connectivity index (χ1n) is 9.80. The Labute approximate surface area is 176 Å². The van der Waals surface area contributed by atoms with Gasteiger partial charge in [0.15, 0.2) is 11.5 Å². The van der Waals surface area contributed by atoms with Crippen LogP contribution in [-0.4, -0.2) is 28.4 Å². The molecule has 0 fully saturated rings. The molecule has 0 aliphatic heterocycles. The third-order valence-electron chi connectivity index (χ3n) is 5.08. The molecule has 30 heavy (non-hydrogen) atoms. The average molecular weight is 412 g/mol. The van der Waals surface area contributed by atoms with Crippen LogP contribution in [0.15, 0.2) is 33.5 Å². The van der Waals surface area contributed by atoms with Gasteiger partial charge < -0.3 is 23.4 Å². The minimum absolute atomic E-state index is 0.179. The maximum atomic E-state index is 13.7. The molecule has 0 aliphatic carbocycles. The molecule has 6 nitrogen and oxygen atoms in total. The summed E-state index contributed by atoms with van der Waals surface area (Å²) < 4.78 is 28.4. The molecule has 0 spiro atoms. The zero-order valence-electron chi connectivity index (χ0n) is 18.5. The zero-order chi connectivity index (χ0) is 22.0. The molecular weight excluding hydrogens is 384 g/mol. The summed E-state index contributed by atoms with van der Waals surface area (Å²) in [5.41, 5.74) is 2.30. The highest BCUT2D eigenvalue weighted by Gasteiger charge is 2.28. The van der Waals surface area contributed by atoms with Gasteiger partial charge in [-0.25, -0.2) is 0 Å². The molecule has 0 saturated carbocycles. The molecule has 0 atom stereocenters. The molecule has 3 aromatic rings. The first kappa shape index (κ1) is 21.6. The number of benzene rings is 2. The Morgan fingerprint density at radius 1 is 0.867 bits per heavy atom. The fraction of sp³-hybridized carbons (Fsp3) is 0.375. The number of hydrogen-bond donors (Lipinski definition) is 0. The lowest BCUT2D eigenvalue weighted by atomic mass is 9.95. The van der Waals surface area contributed by atoms with Crippen molar-refractivity contribution in [3.05, 3.63) is 45.8 Å². The molecule has 0 unspecified atom stereocenters. The zero-order valence-corrected chi connectivity index (χ0v) is 18.5. The Hall–Kier alpha value is -3.15. The number of methoxy groups -OCH3 is 4. The Morgan fingerprint density at radius 3 is 1.97 bits per heavy atom. The molecular formula is C24H28O6. The van der Waals surface area contributed by atoms with Gasteiger partial charge in [-0.3, -0.25) is 4.79 Å². The molecule has 1 heterocycles. The molecule has 0 amide bonds. The summed E-state index contributed by atoms with van der Waals surface area (Å²) in [5, 5.41) is 0.349. The van der Waals surface area contributed by atoms with Gasteiger partial charge in [-0.1, -0.05) is 26.0 Å². The molecule has 2 aromatic carbocycles. The summed E-state index contributed by atoms with van der Waals surface area (Å²) in [6.45, 7) is 5.99. The third kappa shape index (κ3) is 3.58. The Bertz CT molecular complexity index is 1110. The maximum Gasteiger partial charge on any atom is 0.204 e. The van der Waals surface area contributed by atoms with Crippen molar-refractivity contribution in [2.75, 3.05) is 28.4 Å². The van der Waals surface area contributed by atoms with E-state index in [1.807, 2.05) is 24.3 Å². The van der Waals surface area contributed by atoms with Gasteiger partial charge in [0.25, 0.3) is 0 Å². The van der Waals surface area contributed by atoms with E-state index in [1.54, 1.807) is 21.1 Å². The van der Waals surface area contributed by atoms with Gasteiger partial charge >= 0.3 is 0 Å². The molecule has 160 valence electrons. The number of hydrogen-bond acceptors (Lipinski definition) is 6. The molecule has 1 aromatic heterocycles. The van der Waals surface area contributed by atoms with E-state index >= 15 is 0 Å². The molecule has 0 radical (unpaired) electrons. The van der Waals surface area contributed by atoms with Crippen molar-refractivity contribution >= 4 is 11.0 Å². The highest BCUT2D eigenvalue weighted by molar-refractivity contribution is 5.95. The molecule has 6 heteroatoms. The lowest BCUT2D eigenvalue weighted by Gasteiger charge is -2.20. The Morgan fingerprint density at radius 2 is 1.47 bits per heavy atom. The second-order valence-corrected chi connectivity index (χ2v) is 7.47. The van der Waals surface area contributed by atoms with Crippen LogP contribution in [0.1, 0.15) is 25.2 Å². The van der Waals surface area contributed by atoms with Crippen LogP contribution in [0, 0.1) is 12.8 Å². The van der Waals surface area contributed by atoms with E-state index in [1.165, 1.54) is 14.2 Å². The normalized spacial score (nSPS) is 11.1. The highest BCUT2D eigenvalue weighted by Crippen LogP contribution is 2.47. The summed E-state index contributed by atoms with van der Waals surface area (Å²) in [5.74, 6) is 2.77. The van der Waals surface area contributed by atoms with Crippen LogP contribution in [0.2, 0.25) is 0 Å². The standard InChI is InChI=1S/C24H28O6/c1-13(2)12-17-21-19(23(28-6)24(29-7)22(17)27-5)20(25)18(14(3)30-21)15-8-10-16(26-4)11-9-15/h8-11,13H,12H2,1-7H3. The molecule has 0 saturated heterocycles. The number of ether oxygens (including phenoxy) is 4. The van der Waals surface area contributed by atoms with E-state index in [2.05, 4.69) is 13.8 Å². The predicted molar refractivity (Wildman–Crippen MR) is 117 cm³/mol. The lowest BCUT2D eigenvalue weighted by molar-refractivity contribution is 0.323. The second kappa shape index (κ2) is 8.69. The van der Waals surface area contributed by atoms with Crippen LogP contribution in [0.3, 0.4) is 0 Å². The summed E-state index contributed by atoms with van der Waals surface area (Å²) in [6.07, 6.45) is 0.657. The van der Waals surface area contributed by atoms with Crippen molar-refractivity contribution in [1.82, 2.24) is 0 Å². The van der Waals surface area contributed by atoms with Gasteiger partial charge in [0, 0.05) is 5.56 Å². The largest absolute Gasteiger partial charge is 0.497 e. The van der Waals surface area contributed by atoms with Crippen LogP contribution in [-0.2, 0) is 6.42 Å². The van der Waals surface area contributed by atoms with Gasteiger partial charge in [0.2, 0.25) is 11.2 Å². The van der Waals surface area contributed by atoms with Crippen LogP contribution in [0.25, 0.3) is 22.1 Å². The first-order valence-corrected chi connectivity index (χ1v) is 9.80. The molecule has 0 bridgehead atoms. The average Bonchev–Trinajstić information content (AvgIpc) is 2.73. The van der Waals surface area contributed by atoms with Crippen LogP contribution >= 0.6 is 0 Å². The van der Waals surface area contributed by atoms with Crippen molar-refractivity contribution < 1.29 is 23.4 Å². The van der Waals surface area contributed by atoms with E-state index in [9.17, 15) is 4.79 Å². The van der Waals surface area contributed by atoms with E-state index in [0.717, 1.165) is 11.1 Å². The predicted octanol–water partition coefficient (Wildman–Crippen LogP) is 5.00. The van der Waals surface area contributed by atoms with Gasteiger partial charge in [-0.15, -0.1) is 0 Å². The van der Waals surface area contributed by atoms with Crippen molar-refractivity contribution in [3.63, 3.8) is 0 Å². The fourth-order valence-corrected chi connectivity index (χ4v) is 3.80. The first-order chi connectivity index (χ1) is 14.4. The minimum Gasteiger partial charge on any atom is -0.497 e. The fourth-order valence-electron chi connectivity index (χ4n) is 3.80. The summed E-state index contributed by atoms with van der Waals surface area (Å²) in [7, 11) is 6.21. The minimum atomic E-state index is -0.179. The monoisotopic (exact) mass is 412 g/mol. The summed E-state index contributed by atoms with van der Waals surface area (Å²) in [6, 6.07) is 7.31. The smallest absolute Gasteiger partial charge is 0.204 e. The maximum absolute atomic E-state index is 13.7. The van der Waals surface area contributed by atoms with E-state index < -0.39 is 0 Å². The van der Waals surface area contributed by atoms with Gasteiger partial charge in [0.1, 0.15) is 22.5 Å². The Kier molecular flexibility index (Phi) is 6.25. The second-order valence-electron chi connectivity index (χ2n) is 7.47. The van der Waals surface area contributed by atoms with Crippen molar-refractivity contribution in [2.45, 2.75) is 27.2 Å². The number of fused-ring (bicyclic) bond motifs is 1. The topological polar surface area (TPSA) is 67.1 Å².